The second-order valence-electron chi connectivity index (χ2n) is 8.88. The number of H-pyrrole nitrogens is 1. The lowest BCUT2D eigenvalue weighted by molar-refractivity contribution is 0.0768. The van der Waals surface area contributed by atoms with Crippen molar-refractivity contribution in [1.82, 2.24) is 19.4 Å². The molecule has 1 fully saturated rings. The smallest absolute Gasteiger partial charge is 0.256 e. The van der Waals surface area contributed by atoms with Gasteiger partial charge in [0.25, 0.3) is 5.91 Å². The minimum Gasteiger partial charge on any atom is -0.342 e. The molecule has 6 rings (SSSR count). The van der Waals surface area contributed by atoms with E-state index in [9.17, 15) is 4.79 Å². The van der Waals surface area contributed by atoms with Crippen molar-refractivity contribution >= 4 is 33.8 Å². The van der Waals surface area contributed by atoms with E-state index in [0.29, 0.717) is 6.54 Å². The predicted octanol–water partition coefficient (Wildman–Crippen LogP) is 4.92. The third-order valence-corrected chi connectivity index (χ3v) is 6.67. The minimum absolute atomic E-state index is 0.106. The highest BCUT2D eigenvalue weighted by atomic mass is 16.2. The van der Waals surface area contributed by atoms with Crippen molar-refractivity contribution in [2.45, 2.75) is 13.0 Å². The Morgan fingerprint density at radius 2 is 1.65 bits per heavy atom. The lowest BCUT2D eigenvalue weighted by atomic mass is 10.1. The van der Waals surface area contributed by atoms with Gasteiger partial charge in [0.1, 0.15) is 0 Å². The van der Waals surface area contributed by atoms with Crippen molar-refractivity contribution in [3.05, 3.63) is 96.2 Å². The number of amides is 1. The number of anilines is 1. The number of nitrogens with zero attached hydrogens (tertiary/aromatic N) is 4. The number of nitrogens with one attached hydrogen (secondary N) is 1. The monoisotopic (exact) mass is 449 g/mol. The summed E-state index contributed by atoms with van der Waals surface area (Å²) in [6.07, 6.45) is 2.94. The molecule has 1 amide bonds. The number of aromatic amines is 1. The lowest BCUT2D eigenvalue weighted by Crippen LogP contribution is -2.35. The van der Waals surface area contributed by atoms with Crippen LogP contribution in [-0.2, 0) is 6.54 Å². The van der Waals surface area contributed by atoms with E-state index < -0.39 is 0 Å². The Kier molecular flexibility index (Phi) is 5.26. The summed E-state index contributed by atoms with van der Waals surface area (Å²) in [6.45, 7) is 3.80. The molecule has 3 heterocycles. The number of carbonyl (C=O) groups excluding carboxylic acids is 1. The molecular formula is C28H27N5O. The van der Waals surface area contributed by atoms with Crippen molar-refractivity contribution in [2.24, 2.45) is 0 Å². The Morgan fingerprint density at radius 3 is 2.53 bits per heavy atom. The van der Waals surface area contributed by atoms with Crippen molar-refractivity contribution in [2.75, 3.05) is 31.1 Å². The molecule has 0 spiro atoms. The summed E-state index contributed by atoms with van der Waals surface area (Å²) in [4.78, 5) is 26.1. The average Bonchev–Trinajstić information content (AvgIpc) is 3.37. The van der Waals surface area contributed by atoms with Gasteiger partial charge in [-0.2, -0.15) is 0 Å². The van der Waals surface area contributed by atoms with Crippen LogP contribution >= 0.6 is 0 Å². The highest BCUT2D eigenvalue weighted by Gasteiger charge is 2.24. The Labute approximate surface area is 198 Å². The number of imidazole rings is 1. The standard InChI is InChI=1S/C28H27N5O/c34-27(23-20-33(19-21-9-2-1-3-10-21)26-14-7-4-11-22(23)26)31-15-8-16-32(18-17-31)28-29-24-12-5-6-13-25(24)30-28/h1-7,9-14,20H,8,15-19H2,(H,29,30). The molecule has 170 valence electrons. The van der Waals surface area contributed by atoms with Crippen LogP contribution in [0.1, 0.15) is 22.3 Å². The van der Waals surface area contributed by atoms with E-state index in [1.165, 1.54) is 5.56 Å². The second-order valence-corrected chi connectivity index (χ2v) is 8.88. The fraction of sp³-hybridized carbons (Fsp3) is 0.214. The maximum Gasteiger partial charge on any atom is 0.256 e. The Bertz CT molecular complexity index is 1420. The number of aromatic nitrogens is 3. The van der Waals surface area contributed by atoms with Gasteiger partial charge in [-0.25, -0.2) is 4.98 Å². The van der Waals surface area contributed by atoms with Gasteiger partial charge in [0.05, 0.1) is 16.6 Å². The van der Waals surface area contributed by atoms with Crippen LogP contribution in [0.2, 0.25) is 0 Å². The number of hydrogen-bond acceptors (Lipinski definition) is 3. The maximum absolute atomic E-state index is 13.7. The lowest BCUT2D eigenvalue weighted by Gasteiger charge is -2.21. The van der Waals surface area contributed by atoms with Gasteiger partial charge >= 0.3 is 0 Å². The normalized spacial score (nSPS) is 14.6. The zero-order valence-corrected chi connectivity index (χ0v) is 19.0. The molecule has 0 aliphatic carbocycles. The first kappa shape index (κ1) is 20.5. The van der Waals surface area contributed by atoms with Crippen molar-refractivity contribution in [3.8, 4) is 0 Å². The third-order valence-electron chi connectivity index (χ3n) is 6.67. The maximum atomic E-state index is 13.7. The number of benzene rings is 3. The summed E-state index contributed by atoms with van der Waals surface area (Å²) >= 11 is 0. The van der Waals surface area contributed by atoms with Gasteiger partial charge in [0.2, 0.25) is 5.95 Å². The molecule has 34 heavy (non-hydrogen) atoms. The van der Waals surface area contributed by atoms with Gasteiger partial charge in [-0.1, -0.05) is 60.7 Å². The van der Waals surface area contributed by atoms with Crippen molar-refractivity contribution < 1.29 is 4.79 Å². The van der Waals surface area contributed by atoms with E-state index in [4.69, 9.17) is 4.98 Å². The van der Waals surface area contributed by atoms with Gasteiger partial charge in [-0.15, -0.1) is 0 Å². The van der Waals surface area contributed by atoms with Crippen molar-refractivity contribution in [1.29, 1.82) is 0 Å². The van der Waals surface area contributed by atoms with Crippen LogP contribution in [0, 0.1) is 0 Å². The number of fused-ring (bicyclic) bond motifs is 2. The molecule has 0 unspecified atom stereocenters. The van der Waals surface area contributed by atoms with Crippen molar-refractivity contribution in [3.63, 3.8) is 0 Å². The highest BCUT2D eigenvalue weighted by molar-refractivity contribution is 6.07. The van der Waals surface area contributed by atoms with Crippen LogP contribution < -0.4 is 4.90 Å². The average molecular weight is 450 g/mol. The van der Waals surface area contributed by atoms with Crippen LogP contribution in [-0.4, -0.2) is 51.5 Å². The fourth-order valence-corrected chi connectivity index (χ4v) is 4.92. The van der Waals surface area contributed by atoms with E-state index in [-0.39, 0.29) is 5.91 Å². The molecule has 1 saturated heterocycles. The van der Waals surface area contributed by atoms with Crippen LogP contribution in [0.5, 0.6) is 0 Å². The number of carbonyl (C=O) groups is 1. The van der Waals surface area contributed by atoms with E-state index in [1.807, 2.05) is 53.6 Å². The van der Waals surface area contributed by atoms with Gasteiger partial charge in [0.15, 0.2) is 0 Å². The molecule has 0 atom stereocenters. The SMILES string of the molecule is O=C(c1cn(Cc2ccccc2)c2ccccc12)N1CCCN(c2nc3ccccc3[nH]2)CC1. The van der Waals surface area contributed by atoms with Gasteiger partial charge in [-0.3, -0.25) is 4.79 Å². The summed E-state index contributed by atoms with van der Waals surface area (Å²) in [5, 5.41) is 1.02. The highest BCUT2D eigenvalue weighted by Crippen LogP contribution is 2.25. The molecular weight excluding hydrogens is 422 g/mol. The van der Waals surface area contributed by atoms with E-state index in [0.717, 1.165) is 66.0 Å². The van der Waals surface area contributed by atoms with Gasteiger partial charge in [0, 0.05) is 49.8 Å². The Balaban J connectivity index is 1.24. The molecule has 1 aliphatic heterocycles. The summed E-state index contributed by atoms with van der Waals surface area (Å²) in [7, 11) is 0. The number of rotatable bonds is 4. The molecule has 6 nitrogen and oxygen atoms in total. The molecule has 0 saturated carbocycles. The molecule has 3 aromatic carbocycles. The first-order valence-electron chi connectivity index (χ1n) is 11.9. The quantitative estimate of drug-likeness (QED) is 0.424. The Morgan fingerprint density at radius 1 is 0.853 bits per heavy atom. The summed E-state index contributed by atoms with van der Waals surface area (Å²) in [5.74, 6) is 0.990. The molecule has 1 N–H and O–H groups in total. The molecule has 1 aliphatic rings. The Hall–Kier alpha value is -4.06. The second kappa shape index (κ2) is 8.71. The number of hydrogen-bond donors (Lipinski definition) is 1. The summed E-state index contributed by atoms with van der Waals surface area (Å²) in [6, 6.07) is 26.7. The fourth-order valence-electron chi connectivity index (χ4n) is 4.92. The summed E-state index contributed by atoms with van der Waals surface area (Å²) in [5.41, 5.74) is 5.11. The van der Waals surface area contributed by atoms with Crippen LogP contribution in [0.4, 0.5) is 5.95 Å². The first-order valence-corrected chi connectivity index (χ1v) is 11.9. The van der Waals surface area contributed by atoms with Gasteiger partial charge in [-0.05, 0) is 30.2 Å². The third kappa shape index (κ3) is 3.81. The van der Waals surface area contributed by atoms with E-state index in [1.54, 1.807) is 0 Å². The zero-order chi connectivity index (χ0) is 22.9. The first-order chi connectivity index (χ1) is 16.8. The van der Waals surface area contributed by atoms with E-state index in [2.05, 4.69) is 50.8 Å². The van der Waals surface area contributed by atoms with E-state index >= 15 is 0 Å². The molecule has 0 radical (unpaired) electrons. The van der Waals surface area contributed by atoms with Crippen LogP contribution in [0.3, 0.4) is 0 Å². The number of para-hydroxylation sites is 3. The molecule has 2 aromatic heterocycles. The summed E-state index contributed by atoms with van der Waals surface area (Å²) < 4.78 is 2.19. The predicted molar refractivity (Wildman–Crippen MR) is 136 cm³/mol. The molecule has 0 bridgehead atoms. The zero-order valence-electron chi connectivity index (χ0n) is 19.0. The van der Waals surface area contributed by atoms with Crippen LogP contribution in [0.15, 0.2) is 85.1 Å². The molecule has 6 heteroatoms. The minimum atomic E-state index is 0.106. The largest absolute Gasteiger partial charge is 0.342 e. The molecule has 5 aromatic rings. The topological polar surface area (TPSA) is 57.2 Å². The van der Waals surface area contributed by atoms with Gasteiger partial charge < -0.3 is 19.4 Å². The van der Waals surface area contributed by atoms with Crippen LogP contribution in [0.25, 0.3) is 21.9 Å².